The van der Waals surface area contributed by atoms with Crippen molar-refractivity contribution in [1.29, 1.82) is 0 Å². The zero-order valence-electron chi connectivity index (χ0n) is 17.1. The van der Waals surface area contributed by atoms with Gasteiger partial charge in [0, 0.05) is 17.4 Å². The van der Waals surface area contributed by atoms with E-state index in [4.69, 9.17) is 14.6 Å². The van der Waals surface area contributed by atoms with Crippen molar-refractivity contribution in [3.63, 3.8) is 0 Å². The summed E-state index contributed by atoms with van der Waals surface area (Å²) < 4.78 is 11.7. The predicted molar refractivity (Wildman–Crippen MR) is 110 cm³/mol. The number of amides is 1. The molecule has 3 rings (SSSR count). The molecule has 29 heavy (non-hydrogen) atoms. The van der Waals surface area contributed by atoms with Gasteiger partial charge in [0.05, 0.1) is 0 Å². The Labute approximate surface area is 171 Å². The number of hydrogen-bond donors (Lipinski definition) is 2. The summed E-state index contributed by atoms with van der Waals surface area (Å²) >= 11 is 0. The van der Waals surface area contributed by atoms with Gasteiger partial charge in [0.2, 0.25) is 0 Å². The number of carboxylic acids is 1. The molecule has 1 aromatic rings. The molecule has 1 aliphatic heterocycles. The highest BCUT2D eigenvalue weighted by Crippen LogP contribution is 2.51. The van der Waals surface area contributed by atoms with Crippen molar-refractivity contribution >= 4 is 12.1 Å². The maximum Gasteiger partial charge on any atom is 0.413 e. The molecule has 0 aromatic heterocycles. The van der Waals surface area contributed by atoms with Crippen LogP contribution in [0.25, 0.3) is 0 Å². The fourth-order valence-corrected chi connectivity index (χ4v) is 4.09. The van der Waals surface area contributed by atoms with E-state index in [0.717, 1.165) is 55.4 Å². The number of fused-ring (bicyclic) bond motifs is 3. The number of carbonyl (C=O) groups excluding carboxylic acids is 1. The molecule has 1 amide bonds. The molecule has 0 saturated carbocycles. The Morgan fingerprint density at radius 1 is 1.34 bits per heavy atom. The van der Waals surface area contributed by atoms with Crippen molar-refractivity contribution < 1.29 is 24.2 Å². The van der Waals surface area contributed by atoms with E-state index in [-0.39, 0.29) is 11.8 Å². The number of allylic oxidation sites excluding steroid dienone is 3. The van der Waals surface area contributed by atoms with Gasteiger partial charge in [-0.25, -0.2) is 4.79 Å². The lowest BCUT2D eigenvalue weighted by Crippen LogP contribution is -2.33. The van der Waals surface area contributed by atoms with Crippen LogP contribution in [0.1, 0.15) is 63.0 Å². The van der Waals surface area contributed by atoms with E-state index < -0.39 is 18.6 Å². The van der Waals surface area contributed by atoms with Crippen LogP contribution in [0.15, 0.2) is 36.1 Å². The average molecular weight is 399 g/mol. The van der Waals surface area contributed by atoms with Gasteiger partial charge in [-0.2, -0.15) is 0 Å². The molecule has 1 aliphatic carbocycles. The van der Waals surface area contributed by atoms with Crippen molar-refractivity contribution in [2.75, 3.05) is 6.54 Å². The summed E-state index contributed by atoms with van der Waals surface area (Å²) in [6.45, 7) is 7.90. The van der Waals surface area contributed by atoms with Gasteiger partial charge in [0.1, 0.15) is 23.8 Å². The maximum absolute atomic E-state index is 12.2. The normalized spacial score (nSPS) is 20.1. The highest BCUT2D eigenvalue weighted by atomic mass is 16.6. The molecule has 0 saturated heterocycles. The highest BCUT2D eigenvalue weighted by molar-refractivity contribution is 5.78. The summed E-state index contributed by atoms with van der Waals surface area (Å²) in [6.07, 6.45) is 7.48. The van der Waals surface area contributed by atoms with E-state index in [1.54, 1.807) is 0 Å². The van der Waals surface area contributed by atoms with E-state index in [0.29, 0.717) is 11.5 Å². The van der Waals surface area contributed by atoms with Crippen LogP contribution in [0.4, 0.5) is 4.79 Å². The van der Waals surface area contributed by atoms with Crippen molar-refractivity contribution in [1.82, 2.24) is 5.32 Å². The number of benzene rings is 1. The number of unbranched alkanes of at least 4 members (excludes halogenated alkanes) is 2. The standard InChI is InChI=1S/C23H29NO5/c1-4-5-6-7-16-11-19-22(20(12-16)29-23(27)24-13-21(25)26)18-10-14(2)8-9-17(18)15(3)28-19/h10-12,17-18H,3-9,13H2,1-2H3,(H,24,27)(H,25,26)/t17-,18+/m0/s1. The molecule has 2 atom stereocenters. The topological polar surface area (TPSA) is 84.9 Å². The molecule has 0 bridgehead atoms. The van der Waals surface area contributed by atoms with Crippen LogP contribution < -0.4 is 14.8 Å². The van der Waals surface area contributed by atoms with Crippen molar-refractivity contribution in [3.05, 3.63) is 47.2 Å². The number of nitrogens with one attached hydrogen (secondary N) is 1. The molecule has 6 heteroatoms. The number of carbonyl (C=O) groups is 2. The second-order valence-corrected chi connectivity index (χ2v) is 7.85. The number of carboxylic acid groups (broad SMARTS) is 1. The van der Waals surface area contributed by atoms with E-state index in [9.17, 15) is 9.59 Å². The Balaban J connectivity index is 1.97. The summed E-state index contributed by atoms with van der Waals surface area (Å²) in [4.78, 5) is 22.9. The smallest absolute Gasteiger partial charge is 0.413 e. The van der Waals surface area contributed by atoms with Gasteiger partial charge in [-0.3, -0.25) is 4.79 Å². The fourth-order valence-electron chi connectivity index (χ4n) is 4.09. The summed E-state index contributed by atoms with van der Waals surface area (Å²) in [5.41, 5.74) is 3.16. The lowest BCUT2D eigenvalue weighted by molar-refractivity contribution is -0.135. The van der Waals surface area contributed by atoms with Crippen LogP contribution in [0.5, 0.6) is 11.5 Å². The Morgan fingerprint density at radius 3 is 2.86 bits per heavy atom. The van der Waals surface area contributed by atoms with E-state index in [1.807, 2.05) is 12.1 Å². The van der Waals surface area contributed by atoms with Crippen LogP contribution in [0.2, 0.25) is 0 Å². The predicted octanol–water partition coefficient (Wildman–Crippen LogP) is 4.94. The second kappa shape index (κ2) is 9.16. The molecule has 6 nitrogen and oxygen atoms in total. The first kappa shape index (κ1) is 21.0. The SMILES string of the molecule is C=C1Oc2cc(CCCCC)cc(OC(=O)NCC(=O)O)c2[C@@H]2C=C(C)CC[C@@H]12. The van der Waals surface area contributed by atoms with Gasteiger partial charge in [-0.1, -0.05) is 38.0 Å². The van der Waals surface area contributed by atoms with Gasteiger partial charge in [0.15, 0.2) is 0 Å². The number of aliphatic carboxylic acids is 1. The third-order valence-corrected chi connectivity index (χ3v) is 5.55. The quantitative estimate of drug-likeness (QED) is 0.501. The van der Waals surface area contributed by atoms with Crippen LogP contribution in [0, 0.1) is 5.92 Å². The van der Waals surface area contributed by atoms with Gasteiger partial charge in [-0.05, 0) is 50.3 Å². The second-order valence-electron chi connectivity index (χ2n) is 7.85. The number of ether oxygens (including phenoxy) is 2. The molecular formula is C23H29NO5. The zero-order valence-corrected chi connectivity index (χ0v) is 17.1. The van der Waals surface area contributed by atoms with Crippen LogP contribution >= 0.6 is 0 Å². The first-order chi connectivity index (χ1) is 13.9. The molecule has 0 unspecified atom stereocenters. The largest absolute Gasteiger partial charge is 0.480 e. The van der Waals surface area contributed by atoms with Crippen molar-refractivity contribution in [2.24, 2.45) is 5.92 Å². The van der Waals surface area contributed by atoms with Crippen LogP contribution in [-0.2, 0) is 11.2 Å². The maximum atomic E-state index is 12.2. The molecular weight excluding hydrogens is 370 g/mol. The molecule has 2 aliphatic rings. The zero-order chi connectivity index (χ0) is 21.0. The Bertz CT molecular complexity index is 842. The van der Waals surface area contributed by atoms with Crippen LogP contribution in [-0.4, -0.2) is 23.7 Å². The summed E-state index contributed by atoms with van der Waals surface area (Å²) in [7, 11) is 0. The monoisotopic (exact) mass is 399 g/mol. The fraction of sp³-hybridized carbons (Fsp3) is 0.478. The van der Waals surface area contributed by atoms with Crippen LogP contribution in [0.3, 0.4) is 0 Å². The molecule has 0 fully saturated rings. The first-order valence-electron chi connectivity index (χ1n) is 10.3. The minimum atomic E-state index is -1.12. The molecule has 1 aromatic carbocycles. The lowest BCUT2D eigenvalue weighted by atomic mass is 9.74. The Morgan fingerprint density at radius 2 is 2.14 bits per heavy atom. The minimum absolute atomic E-state index is 0.0342. The third-order valence-electron chi connectivity index (χ3n) is 5.55. The number of hydrogen-bond acceptors (Lipinski definition) is 4. The van der Waals surface area contributed by atoms with Gasteiger partial charge in [0.25, 0.3) is 0 Å². The highest BCUT2D eigenvalue weighted by Gasteiger charge is 2.37. The summed E-state index contributed by atoms with van der Waals surface area (Å²) in [5, 5.41) is 11.1. The van der Waals surface area contributed by atoms with Gasteiger partial charge in [-0.15, -0.1) is 0 Å². The molecule has 0 spiro atoms. The van der Waals surface area contributed by atoms with Crippen molar-refractivity contribution in [2.45, 2.75) is 58.3 Å². The lowest BCUT2D eigenvalue weighted by Gasteiger charge is -2.37. The van der Waals surface area contributed by atoms with E-state index >= 15 is 0 Å². The summed E-state index contributed by atoms with van der Waals surface area (Å²) in [6, 6.07) is 3.91. The van der Waals surface area contributed by atoms with Crippen molar-refractivity contribution in [3.8, 4) is 11.5 Å². The van der Waals surface area contributed by atoms with E-state index in [2.05, 4.69) is 31.8 Å². The molecule has 2 N–H and O–H groups in total. The van der Waals surface area contributed by atoms with Gasteiger partial charge >= 0.3 is 12.1 Å². The number of rotatable bonds is 7. The van der Waals surface area contributed by atoms with E-state index in [1.165, 1.54) is 5.57 Å². The average Bonchev–Trinajstić information content (AvgIpc) is 2.66. The molecule has 0 radical (unpaired) electrons. The number of aryl methyl sites for hydroxylation is 1. The summed E-state index contributed by atoms with van der Waals surface area (Å²) in [5.74, 6) is 0.914. The Kier molecular flexibility index (Phi) is 6.62. The third kappa shape index (κ3) is 5.00. The minimum Gasteiger partial charge on any atom is -0.480 e. The Hall–Kier alpha value is -2.76. The molecule has 1 heterocycles. The van der Waals surface area contributed by atoms with Gasteiger partial charge < -0.3 is 19.9 Å². The molecule has 156 valence electrons. The first-order valence-corrected chi connectivity index (χ1v) is 10.3.